The van der Waals surface area contributed by atoms with Crippen LogP contribution in [-0.2, 0) is 6.42 Å². The van der Waals surface area contributed by atoms with Crippen molar-refractivity contribution in [1.82, 2.24) is 5.32 Å². The second-order valence-corrected chi connectivity index (χ2v) is 6.49. The summed E-state index contributed by atoms with van der Waals surface area (Å²) in [5.41, 5.74) is 3.93. The Labute approximate surface area is 130 Å². The SMILES string of the molecule is CNC(CSc1ccc(C)cc1)c1cccc2c1OCC2. The van der Waals surface area contributed by atoms with Gasteiger partial charge in [0.05, 0.1) is 6.61 Å². The Kier molecular flexibility index (Phi) is 4.51. The molecule has 0 aromatic heterocycles. The van der Waals surface area contributed by atoms with E-state index in [-0.39, 0.29) is 0 Å². The summed E-state index contributed by atoms with van der Waals surface area (Å²) in [6.07, 6.45) is 1.03. The number of fused-ring (bicyclic) bond motifs is 1. The van der Waals surface area contributed by atoms with E-state index in [0.29, 0.717) is 6.04 Å². The lowest BCUT2D eigenvalue weighted by Gasteiger charge is -2.19. The van der Waals surface area contributed by atoms with Crippen molar-refractivity contribution in [1.29, 1.82) is 0 Å². The van der Waals surface area contributed by atoms with E-state index in [4.69, 9.17) is 4.74 Å². The Bertz CT molecular complexity index is 609. The van der Waals surface area contributed by atoms with Gasteiger partial charge in [-0.15, -0.1) is 11.8 Å². The maximum Gasteiger partial charge on any atom is 0.127 e. The topological polar surface area (TPSA) is 21.3 Å². The van der Waals surface area contributed by atoms with E-state index in [1.165, 1.54) is 21.6 Å². The van der Waals surface area contributed by atoms with Crippen LogP contribution in [0.25, 0.3) is 0 Å². The molecule has 21 heavy (non-hydrogen) atoms. The molecule has 0 saturated heterocycles. The second-order valence-electron chi connectivity index (χ2n) is 5.40. The van der Waals surface area contributed by atoms with Crippen LogP contribution in [0.5, 0.6) is 5.75 Å². The van der Waals surface area contributed by atoms with Crippen LogP contribution < -0.4 is 10.1 Å². The van der Waals surface area contributed by atoms with Gasteiger partial charge in [-0.25, -0.2) is 0 Å². The molecule has 1 atom stereocenters. The summed E-state index contributed by atoms with van der Waals surface area (Å²) in [6, 6.07) is 15.5. The van der Waals surface area contributed by atoms with Crippen molar-refractivity contribution >= 4 is 11.8 Å². The quantitative estimate of drug-likeness (QED) is 0.844. The van der Waals surface area contributed by atoms with Gasteiger partial charge in [-0.2, -0.15) is 0 Å². The van der Waals surface area contributed by atoms with E-state index >= 15 is 0 Å². The van der Waals surface area contributed by atoms with Crippen LogP contribution in [0.1, 0.15) is 22.7 Å². The third-order valence-corrected chi connectivity index (χ3v) is 5.01. The molecule has 110 valence electrons. The predicted molar refractivity (Wildman–Crippen MR) is 89.3 cm³/mol. The molecule has 0 bridgehead atoms. The van der Waals surface area contributed by atoms with Gasteiger partial charge in [0.15, 0.2) is 0 Å². The molecule has 3 heteroatoms. The van der Waals surface area contributed by atoms with Gasteiger partial charge in [-0.3, -0.25) is 0 Å². The molecule has 0 amide bonds. The molecule has 1 aliphatic heterocycles. The Morgan fingerprint density at radius 2 is 2.00 bits per heavy atom. The van der Waals surface area contributed by atoms with Crippen molar-refractivity contribution in [2.75, 3.05) is 19.4 Å². The van der Waals surface area contributed by atoms with Crippen molar-refractivity contribution in [2.45, 2.75) is 24.3 Å². The fourth-order valence-corrected chi connectivity index (χ4v) is 3.69. The van der Waals surface area contributed by atoms with Gasteiger partial charge in [0.1, 0.15) is 5.75 Å². The molecule has 0 aliphatic carbocycles. The van der Waals surface area contributed by atoms with E-state index in [0.717, 1.165) is 24.5 Å². The first kappa shape index (κ1) is 14.5. The highest BCUT2D eigenvalue weighted by atomic mass is 32.2. The Morgan fingerprint density at radius 1 is 1.19 bits per heavy atom. The second kappa shape index (κ2) is 6.54. The summed E-state index contributed by atoms with van der Waals surface area (Å²) in [5, 5.41) is 3.43. The van der Waals surface area contributed by atoms with Gasteiger partial charge < -0.3 is 10.1 Å². The minimum absolute atomic E-state index is 0.310. The van der Waals surface area contributed by atoms with Crippen molar-refractivity contribution < 1.29 is 4.74 Å². The highest BCUT2D eigenvalue weighted by Gasteiger charge is 2.21. The molecule has 1 unspecified atom stereocenters. The number of aryl methyl sites for hydroxylation is 1. The maximum absolute atomic E-state index is 5.83. The zero-order valence-electron chi connectivity index (χ0n) is 12.6. The zero-order valence-corrected chi connectivity index (χ0v) is 13.4. The van der Waals surface area contributed by atoms with Crippen molar-refractivity contribution in [2.24, 2.45) is 0 Å². The maximum atomic E-state index is 5.83. The molecule has 3 rings (SSSR count). The standard InChI is InChI=1S/C18H21NOS/c1-13-6-8-15(9-7-13)21-12-17(19-2)16-5-3-4-14-10-11-20-18(14)16/h3-9,17,19H,10-12H2,1-2H3. The zero-order chi connectivity index (χ0) is 14.7. The lowest BCUT2D eigenvalue weighted by atomic mass is 10.0. The molecule has 0 saturated carbocycles. The molecule has 0 radical (unpaired) electrons. The average Bonchev–Trinajstić information content (AvgIpc) is 2.99. The van der Waals surface area contributed by atoms with Gasteiger partial charge >= 0.3 is 0 Å². The summed E-state index contributed by atoms with van der Waals surface area (Å²) in [4.78, 5) is 1.31. The molecule has 2 aromatic rings. The molecular formula is C18H21NOS. The number of hydrogen-bond donors (Lipinski definition) is 1. The van der Waals surface area contributed by atoms with Gasteiger partial charge in [0, 0.05) is 28.7 Å². The molecular weight excluding hydrogens is 278 g/mol. The van der Waals surface area contributed by atoms with Crippen LogP contribution in [0, 0.1) is 6.92 Å². The monoisotopic (exact) mass is 299 g/mol. The molecule has 2 nitrogen and oxygen atoms in total. The van der Waals surface area contributed by atoms with E-state index in [9.17, 15) is 0 Å². The van der Waals surface area contributed by atoms with Crippen molar-refractivity contribution in [3.8, 4) is 5.75 Å². The number of benzene rings is 2. The van der Waals surface area contributed by atoms with Gasteiger partial charge in [0.2, 0.25) is 0 Å². The third kappa shape index (κ3) is 3.25. The molecule has 1 aliphatic rings. The van der Waals surface area contributed by atoms with Gasteiger partial charge in [-0.1, -0.05) is 35.9 Å². The summed E-state index contributed by atoms with van der Waals surface area (Å²) in [6.45, 7) is 2.93. The fraction of sp³-hybridized carbons (Fsp3) is 0.333. The predicted octanol–water partition coefficient (Wildman–Crippen LogP) is 3.98. The molecule has 2 aromatic carbocycles. The summed E-state index contributed by atoms with van der Waals surface area (Å²) in [5.74, 6) is 2.10. The lowest BCUT2D eigenvalue weighted by molar-refractivity contribution is 0.350. The largest absolute Gasteiger partial charge is 0.493 e. The van der Waals surface area contributed by atoms with E-state index in [2.05, 4.69) is 54.7 Å². The average molecular weight is 299 g/mol. The minimum Gasteiger partial charge on any atom is -0.493 e. The number of thioether (sulfide) groups is 1. The number of hydrogen-bond acceptors (Lipinski definition) is 3. The van der Waals surface area contributed by atoms with Gasteiger partial charge in [0.25, 0.3) is 0 Å². The summed E-state index contributed by atoms with van der Waals surface area (Å²) in [7, 11) is 2.02. The smallest absolute Gasteiger partial charge is 0.127 e. The molecule has 0 fully saturated rings. The third-order valence-electron chi connectivity index (χ3n) is 3.91. The Morgan fingerprint density at radius 3 is 2.76 bits per heavy atom. The van der Waals surface area contributed by atoms with Crippen LogP contribution >= 0.6 is 11.8 Å². The highest BCUT2D eigenvalue weighted by molar-refractivity contribution is 7.99. The number of para-hydroxylation sites is 1. The first-order chi connectivity index (χ1) is 10.3. The lowest BCUT2D eigenvalue weighted by Crippen LogP contribution is -2.19. The highest BCUT2D eigenvalue weighted by Crippen LogP contribution is 2.35. The number of ether oxygens (including phenoxy) is 1. The van der Waals surface area contributed by atoms with E-state index in [1.807, 2.05) is 18.8 Å². The summed E-state index contributed by atoms with van der Waals surface area (Å²) >= 11 is 1.88. The van der Waals surface area contributed by atoms with Crippen LogP contribution in [-0.4, -0.2) is 19.4 Å². The van der Waals surface area contributed by atoms with Gasteiger partial charge in [-0.05, 0) is 31.7 Å². The first-order valence-corrected chi connectivity index (χ1v) is 8.38. The Balaban J connectivity index is 1.74. The number of rotatable bonds is 5. The fourth-order valence-electron chi connectivity index (χ4n) is 2.66. The van der Waals surface area contributed by atoms with Crippen molar-refractivity contribution in [3.63, 3.8) is 0 Å². The molecule has 1 N–H and O–H groups in total. The van der Waals surface area contributed by atoms with Crippen LogP contribution in [0.4, 0.5) is 0 Å². The Hall–Kier alpha value is -1.45. The van der Waals surface area contributed by atoms with Crippen LogP contribution in [0.15, 0.2) is 47.4 Å². The van der Waals surface area contributed by atoms with Crippen LogP contribution in [0.2, 0.25) is 0 Å². The summed E-state index contributed by atoms with van der Waals surface area (Å²) < 4.78 is 5.83. The van der Waals surface area contributed by atoms with E-state index in [1.54, 1.807) is 0 Å². The normalized spacial score (nSPS) is 14.6. The first-order valence-electron chi connectivity index (χ1n) is 7.39. The minimum atomic E-state index is 0.310. The molecule has 1 heterocycles. The van der Waals surface area contributed by atoms with Crippen molar-refractivity contribution in [3.05, 3.63) is 59.2 Å². The van der Waals surface area contributed by atoms with E-state index < -0.39 is 0 Å². The number of nitrogens with one attached hydrogen (secondary N) is 1. The van der Waals surface area contributed by atoms with Crippen LogP contribution in [0.3, 0.4) is 0 Å². The molecule has 0 spiro atoms.